The third kappa shape index (κ3) is 16.8. The van der Waals surface area contributed by atoms with Crippen LogP contribution >= 0.6 is 0 Å². The lowest BCUT2D eigenvalue weighted by atomic mass is 10.1. The molecule has 34 heavy (non-hydrogen) atoms. The van der Waals surface area contributed by atoms with Crippen LogP contribution in [-0.2, 0) is 0 Å². The fourth-order valence-electron chi connectivity index (χ4n) is 2.50. The predicted molar refractivity (Wildman–Crippen MR) is 151 cm³/mol. The summed E-state index contributed by atoms with van der Waals surface area (Å²) >= 11 is 0. The molecule has 0 aliphatic heterocycles. The first-order chi connectivity index (χ1) is 16.6. The Bertz CT molecular complexity index is 910. The van der Waals surface area contributed by atoms with Gasteiger partial charge >= 0.3 is 0 Å². The van der Waals surface area contributed by atoms with Crippen molar-refractivity contribution in [2.45, 2.75) is 27.7 Å². The molecule has 0 amide bonds. The molecule has 0 aromatic heterocycles. The summed E-state index contributed by atoms with van der Waals surface area (Å²) in [6.45, 7) is 8.41. The molecule has 0 radical (unpaired) electrons. The minimum absolute atomic E-state index is 1.32. The van der Waals surface area contributed by atoms with E-state index in [0.717, 1.165) is 0 Å². The zero-order valence-corrected chi connectivity index (χ0v) is 21.0. The Morgan fingerprint density at radius 2 is 0.412 bits per heavy atom. The van der Waals surface area contributed by atoms with E-state index in [2.05, 4.69) is 76.2 Å². The Balaban J connectivity index is 0.000000213. The summed E-state index contributed by atoms with van der Waals surface area (Å²) in [5.41, 5.74) is 5.38. The second-order valence-electron chi connectivity index (χ2n) is 7.70. The summed E-state index contributed by atoms with van der Waals surface area (Å²) < 4.78 is 0. The van der Waals surface area contributed by atoms with Crippen LogP contribution in [0, 0.1) is 27.7 Å². The van der Waals surface area contributed by atoms with Crippen LogP contribution in [-0.4, -0.2) is 0 Å². The van der Waals surface area contributed by atoms with Gasteiger partial charge in [-0.15, -0.1) is 0 Å². The van der Waals surface area contributed by atoms with Crippen molar-refractivity contribution in [1.29, 1.82) is 0 Å². The van der Waals surface area contributed by atoms with Gasteiger partial charge in [0.05, 0.1) is 0 Å². The van der Waals surface area contributed by atoms with Crippen LogP contribution in [0.3, 0.4) is 0 Å². The number of benzene rings is 5. The Labute approximate surface area is 207 Å². The molecule has 0 atom stereocenters. The molecule has 0 heterocycles. The summed E-state index contributed by atoms with van der Waals surface area (Å²) in [6, 6.07) is 52.9. The van der Waals surface area contributed by atoms with Crippen LogP contribution in [0.15, 0.2) is 158 Å². The molecule has 0 saturated heterocycles. The van der Waals surface area contributed by atoms with Gasteiger partial charge in [-0.25, -0.2) is 0 Å². The van der Waals surface area contributed by atoms with Gasteiger partial charge in [-0.05, 0) is 38.8 Å². The first-order valence-corrected chi connectivity index (χ1v) is 11.6. The van der Waals surface area contributed by atoms with Crippen molar-refractivity contribution in [1.82, 2.24) is 0 Å². The minimum Gasteiger partial charge on any atom is -0.0623 e. The normalized spacial score (nSPS) is 8.59. The van der Waals surface area contributed by atoms with E-state index in [1.165, 1.54) is 22.3 Å². The standard InChI is InChI=1S/C8H10.2C7H8.2C6H6/c1-7-5-3-4-6-8(7)2;2*1-7-5-3-2-4-6-7;2*1-2-4-6-5-3-1/h3-6H,1-2H3;2*2-6H,1H3;2*1-6H. The van der Waals surface area contributed by atoms with E-state index in [0.29, 0.717) is 0 Å². The van der Waals surface area contributed by atoms with E-state index >= 15 is 0 Å². The van der Waals surface area contributed by atoms with Crippen LogP contribution in [0.4, 0.5) is 0 Å². The first-order valence-electron chi connectivity index (χ1n) is 11.6. The van der Waals surface area contributed by atoms with E-state index in [9.17, 15) is 0 Å². The van der Waals surface area contributed by atoms with Crippen LogP contribution in [0.25, 0.3) is 0 Å². The first kappa shape index (κ1) is 28.1. The second kappa shape index (κ2) is 19.8. The van der Waals surface area contributed by atoms with Crippen LogP contribution in [0.2, 0.25) is 0 Å². The molecule has 0 N–H and O–H groups in total. The van der Waals surface area contributed by atoms with Crippen molar-refractivity contribution in [3.63, 3.8) is 0 Å². The summed E-state index contributed by atoms with van der Waals surface area (Å²) in [5.74, 6) is 0. The van der Waals surface area contributed by atoms with Gasteiger partial charge in [0.15, 0.2) is 0 Å². The molecule has 0 aliphatic rings. The third-order valence-corrected chi connectivity index (χ3v) is 4.64. The molecule has 0 bridgehead atoms. The predicted octanol–water partition coefficient (Wildman–Crippen LogP) is 9.67. The molecular weight excluding hydrogens is 408 g/mol. The van der Waals surface area contributed by atoms with Gasteiger partial charge in [0, 0.05) is 0 Å². The van der Waals surface area contributed by atoms with E-state index < -0.39 is 0 Å². The average molecular weight is 447 g/mol. The Morgan fingerprint density at radius 3 is 0.559 bits per heavy atom. The van der Waals surface area contributed by atoms with Crippen LogP contribution < -0.4 is 0 Å². The summed E-state index contributed by atoms with van der Waals surface area (Å²) in [7, 11) is 0. The average Bonchev–Trinajstić information content (AvgIpc) is 2.90. The van der Waals surface area contributed by atoms with Crippen LogP contribution in [0.1, 0.15) is 22.3 Å². The summed E-state index contributed by atoms with van der Waals surface area (Å²) in [4.78, 5) is 0. The fourth-order valence-corrected chi connectivity index (χ4v) is 2.50. The maximum atomic E-state index is 2.12. The number of hydrogen-bond acceptors (Lipinski definition) is 0. The third-order valence-electron chi connectivity index (χ3n) is 4.64. The van der Waals surface area contributed by atoms with Crippen molar-refractivity contribution in [2.24, 2.45) is 0 Å². The van der Waals surface area contributed by atoms with Crippen molar-refractivity contribution >= 4 is 0 Å². The van der Waals surface area contributed by atoms with Crippen LogP contribution in [0.5, 0.6) is 0 Å². The lowest BCUT2D eigenvalue weighted by molar-refractivity contribution is 1.34. The molecule has 0 unspecified atom stereocenters. The van der Waals surface area contributed by atoms with Crippen molar-refractivity contribution in [2.75, 3.05) is 0 Å². The highest BCUT2D eigenvalue weighted by Gasteiger charge is 1.83. The fraction of sp³-hybridized carbons (Fsp3) is 0.118. The molecule has 0 saturated carbocycles. The van der Waals surface area contributed by atoms with E-state index in [1.54, 1.807) is 0 Å². The second-order valence-corrected chi connectivity index (χ2v) is 7.70. The monoisotopic (exact) mass is 446 g/mol. The molecule has 0 spiro atoms. The zero-order chi connectivity index (χ0) is 24.7. The van der Waals surface area contributed by atoms with Gasteiger partial charge in [-0.1, -0.05) is 169 Å². The number of aryl methyl sites for hydroxylation is 4. The highest BCUT2D eigenvalue weighted by Crippen LogP contribution is 2.02. The Kier molecular flexibility index (Phi) is 16.4. The quantitative estimate of drug-likeness (QED) is 0.222. The van der Waals surface area contributed by atoms with E-state index in [1.807, 2.05) is 109 Å². The summed E-state index contributed by atoms with van der Waals surface area (Å²) in [6.07, 6.45) is 0. The molecule has 174 valence electrons. The molecule has 0 nitrogen and oxygen atoms in total. The maximum Gasteiger partial charge on any atom is -0.0395 e. The summed E-state index contributed by atoms with van der Waals surface area (Å²) in [5, 5.41) is 0. The molecule has 5 aromatic rings. The van der Waals surface area contributed by atoms with Gasteiger partial charge < -0.3 is 0 Å². The Morgan fingerprint density at radius 1 is 0.235 bits per heavy atom. The lowest BCUT2D eigenvalue weighted by Crippen LogP contribution is -1.74. The number of hydrogen-bond donors (Lipinski definition) is 0. The molecule has 5 rings (SSSR count). The SMILES string of the molecule is Cc1ccccc1.Cc1ccccc1.Cc1ccccc1C.c1ccccc1.c1ccccc1. The van der Waals surface area contributed by atoms with Gasteiger partial charge in [0.1, 0.15) is 0 Å². The maximum absolute atomic E-state index is 2.12. The molecule has 5 aromatic carbocycles. The van der Waals surface area contributed by atoms with E-state index in [4.69, 9.17) is 0 Å². The molecular formula is C34H38. The lowest BCUT2D eigenvalue weighted by Gasteiger charge is -1.93. The highest BCUT2D eigenvalue weighted by molar-refractivity contribution is 5.23. The molecule has 0 aliphatic carbocycles. The topological polar surface area (TPSA) is 0 Å². The molecule has 0 heteroatoms. The van der Waals surface area contributed by atoms with Crippen molar-refractivity contribution in [3.05, 3.63) is 180 Å². The van der Waals surface area contributed by atoms with Gasteiger partial charge in [0.25, 0.3) is 0 Å². The highest BCUT2D eigenvalue weighted by atomic mass is 13.9. The van der Waals surface area contributed by atoms with Crippen molar-refractivity contribution < 1.29 is 0 Å². The minimum atomic E-state index is 1.32. The molecule has 0 fully saturated rings. The van der Waals surface area contributed by atoms with Crippen molar-refractivity contribution in [3.8, 4) is 0 Å². The largest absolute Gasteiger partial charge is 0.0623 e. The van der Waals surface area contributed by atoms with Gasteiger partial charge in [0.2, 0.25) is 0 Å². The number of rotatable bonds is 0. The van der Waals surface area contributed by atoms with Gasteiger partial charge in [-0.3, -0.25) is 0 Å². The van der Waals surface area contributed by atoms with Gasteiger partial charge in [-0.2, -0.15) is 0 Å². The smallest absolute Gasteiger partial charge is 0.0395 e. The Hall–Kier alpha value is -3.90. The van der Waals surface area contributed by atoms with E-state index in [-0.39, 0.29) is 0 Å². The zero-order valence-electron chi connectivity index (χ0n) is 21.0.